The van der Waals surface area contributed by atoms with Crippen LogP contribution >= 0.6 is 11.8 Å². The summed E-state index contributed by atoms with van der Waals surface area (Å²) < 4.78 is 0. The first-order valence-electron chi connectivity index (χ1n) is 13.0. The molecule has 0 unspecified atom stereocenters. The van der Waals surface area contributed by atoms with E-state index in [1.165, 1.54) is 11.8 Å². The van der Waals surface area contributed by atoms with E-state index in [2.05, 4.69) is 32.4 Å². The minimum absolute atomic E-state index is 0.284. The van der Waals surface area contributed by atoms with Gasteiger partial charge in [0.05, 0.1) is 5.69 Å². The standard InChI is InChI=1S/C28H30N8OS/c1-35-13-15-36(16-14-35)27-30-26(29-25-18-23(33-34-25)20-5-3-2-4-6-20)31-28(32-27)38-22-11-7-19(8-12-22)17-24(37)21-9-10-21/h2-8,11-12,18,21H,9-10,13-17H2,1H3,(H2,29,30,31,32,33,34). The minimum Gasteiger partial charge on any atom is -0.338 e. The fraction of sp³-hybridized carbons (Fsp3) is 0.321. The highest BCUT2D eigenvalue weighted by Crippen LogP contribution is 2.32. The van der Waals surface area contributed by atoms with Crippen molar-refractivity contribution in [3.63, 3.8) is 0 Å². The lowest BCUT2D eigenvalue weighted by molar-refractivity contribution is -0.119. The Morgan fingerprint density at radius 1 is 1.00 bits per heavy atom. The minimum atomic E-state index is 0.284. The van der Waals surface area contributed by atoms with E-state index < -0.39 is 0 Å². The van der Waals surface area contributed by atoms with E-state index in [4.69, 9.17) is 15.0 Å². The van der Waals surface area contributed by atoms with Crippen molar-refractivity contribution < 1.29 is 4.79 Å². The van der Waals surface area contributed by atoms with Crippen LogP contribution < -0.4 is 10.2 Å². The number of ketones is 1. The average molecular weight is 527 g/mol. The molecule has 6 rings (SSSR count). The largest absolute Gasteiger partial charge is 0.338 e. The van der Waals surface area contributed by atoms with Gasteiger partial charge in [-0.3, -0.25) is 9.89 Å². The molecule has 0 bridgehead atoms. The zero-order chi connectivity index (χ0) is 25.9. The molecule has 194 valence electrons. The summed E-state index contributed by atoms with van der Waals surface area (Å²) in [5.74, 6) is 2.38. The molecule has 10 heteroatoms. The molecule has 2 fully saturated rings. The van der Waals surface area contributed by atoms with Gasteiger partial charge in [-0.25, -0.2) is 0 Å². The Labute approximate surface area is 226 Å². The Kier molecular flexibility index (Phi) is 7.06. The zero-order valence-corrected chi connectivity index (χ0v) is 22.1. The topological polar surface area (TPSA) is 103 Å². The van der Waals surface area contributed by atoms with Gasteiger partial charge < -0.3 is 15.1 Å². The predicted octanol–water partition coefficient (Wildman–Crippen LogP) is 4.43. The summed E-state index contributed by atoms with van der Waals surface area (Å²) in [6, 6.07) is 20.1. The molecule has 1 saturated carbocycles. The van der Waals surface area contributed by atoms with Gasteiger partial charge in [0.25, 0.3) is 0 Å². The highest BCUT2D eigenvalue weighted by Gasteiger charge is 2.29. The maximum atomic E-state index is 12.2. The van der Waals surface area contributed by atoms with Crippen molar-refractivity contribution in [1.82, 2.24) is 30.0 Å². The molecule has 0 amide bonds. The van der Waals surface area contributed by atoms with Crippen LogP contribution in [0.15, 0.2) is 70.7 Å². The maximum absolute atomic E-state index is 12.2. The molecule has 2 aromatic carbocycles. The molecule has 2 N–H and O–H groups in total. The molecule has 0 radical (unpaired) electrons. The molecule has 0 spiro atoms. The second-order valence-corrected chi connectivity index (χ2v) is 10.9. The van der Waals surface area contributed by atoms with Gasteiger partial charge in [0.2, 0.25) is 11.9 Å². The van der Waals surface area contributed by atoms with Crippen LogP contribution in [-0.4, -0.2) is 69.1 Å². The lowest BCUT2D eigenvalue weighted by Crippen LogP contribution is -2.45. The summed E-state index contributed by atoms with van der Waals surface area (Å²) in [6.07, 6.45) is 2.60. The van der Waals surface area contributed by atoms with Crippen LogP contribution in [0.4, 0.5) is 17.7 Å². The van der Waals surface area contributed by atoms with Crippen LogP contribution in [0.25, 0.3) is 11.3 Å². The van der Waals surface area contributed by atoms with E-state index in [1.54, 1.807) is 0 Å². The number of carbonyl (C=O) groups is 1. The van der Waals surface area contributed by atoms with Gasteiger partial charge >= 0.3 is 0 Å². The van der Waals surface area contributed by atoms with E-state index in [9.17, 15) is 4.79 Å². The fourth-order valence-electron chi connectivity index (χ4n) is 4.39. The van der Waals surface area contributed by atoms with Crippen LogP contribution in [0.5, 0.6) is 0 Å². The molecular weight excluding hydrogens is 496 g/mol. The van der Waals surface area contributed by atoms with Crippen molar-refractivity contribution in [2.24, 2.45) is 5.92 Å². The number of carbonyl (C=O) groups excluding carboxylic acids is 1. The summed E-state index contributed by atoms with van der Waals surface area (Å²) in [5, 5.41) is 11.4. The van der Waals surface area contributed by atoms with Crippen molar-refractivity contribution in [1.29, 1.82) is 0 Å². The van der Waals surface area contributed by atoms with Gasteiger partial charge in [-0.15, -0.1) is 0 Å². The molecule has 1 aliphatic heterocycles. The molecule has 0 atom stereocenters. The molecule has 1 aliphatic carbocycles. The number of piperazine rings is 1. The van der Waals surface area contributed by atoms with E-state index in [0.29, 0.717) is 35.1 Å². The van der Waals surface area contributed by atoms with E-state index in [0.717, 1.165) is 60.7 Å². The molecular formula is C28H30N8OS. The third-order valence-electron chi connectivity index (χ3n) is 6.84. The van der Waals surface area contributed by atoms with Crippen LogP contribution in [0.3, 0.4) is 0 Å². The maximum Gasteiger partial charge on any atom is 0.234 e. The Balaban J connectivity index is 1.22. The number of benzene rings is 2. The molecule has 2 aliphatic rings. The monoisotopic (exact) mass is 526 g/mol. The number of H-pyrrole nitrogens is 1. The molecule has 1 saturated heterocycles. The SMILES string of the molecule is CN1CCN(c2nc(Nc3cc(-c4ccccc4)[nH]n3)nc(Sc3ccc(CC(=O)C4CC4)cc3)n2)CC1. The van der Waals surface area contributed by atoms with Crippen LogP contribution in [-0.2, 0) is 11.2 Å². The first kappa shape index (κ1) is 24.6. The van der Waals surface area contributed by atoms with E-state index in [-0.39, 0.29) is 5.92 Å². The number of hydrogen-bond donors (Lipinski definition) is 2. The van der Waals surface area contributed by atoms with Gasteiger partial charge in [0, 0.05) is 49.5 Å². The molecule has 38 heavy (non-hydrogen) atoms. The Morgan fingerprint density at radius 3 is 2.50 bits per heavy atom. The van der Waals surface area contributed by atoms with Crippen LogP contribution in [0.1, 0.15) is 18.4 Å². The Hall–Kier alpha value is -3.76. The smallest absolute Gasteiger partial charge is 0.234 e. The molecule has 2 aromatic heterocycles. The Morgan fingerprint density at radius 2 is 1.76 bits per heavy atom. The number of nitrogens with zero attached hydrogens (tertiary/aromatic N) is 6. The van der Waals surface area contributed by atoms with Crippen molar-refractivity contribution in [2.45, 2.75) is 29.3 Å². The van der Waals surface area contributed by atoms with Crippen LogP contribution in [0, 0.1) is 5.92 Å². The zero-order valence-electron chi connectivity index (χ0n) is 21.3. The van der Waals surface area contributed by atoms with Gasteiger partial charge in [0.15, 0.2) is 11.0 Å². The predicted molar refractivity (Wildman–Crippen MR) is 149 cm³/mol. The highest BCUT2D eigenvalue weighted by molar-refractivity contribution is 7.99. The van der Waals surface area contributed by atoms with Crippen molar-refractivity contribution in [3.8, 4) is 11.3 Å². The van der Waals surface area contributed by atoms with Crippen LogP contribution in [0.2, 0.25) is 0 Å². The summed E-state index contributed by atoms with van der Waals surface area (Å²) in [7, 11) is 2.13. The third kappa shape index (κ3) is 6.03. The van der Waals surface area contributed by atoms with Crippen molar-refractivity contribution >= 4 is 35.3 Å². The summed E-state index contributed by atoms with van der Waals surface area (Å²) in [5.41, 5.74) is 3.02. The number of aromatic amines is 1. The quantitative estimate of drug-likeness (QED) is 0.328. The fourth-order valence-corrected chi connectivity index (χ4v) is 5.14. The summed E-state index contributed by atoms with van der Waals surface area (Å²) >= 11 is 1.49. The van der Waals surface area contributed by atoms with E-state index in [1.807, 2.05) is 60.7 Å². The Bertz CT molecular complexity index is 1400. The third-order valence-corrected chi connectivity index (χ3v) is 7.71. The molecule has 4 aromatic rings. The lowest BCUT2D eigenvalue weighted by atomic mass is 10.1. The number of rotatable bonds is 9. The molecule has 9 nitrogen and oxygen atoms in total. The lowest BCUT2D eigenvalue weighted by Gasteiger charge is -2.32. The van der Waals surface area contributed by atoms with Gasteiger partial charge in [-0.2, -0.15) is 20.1 Å². The van der Waals surface area contributed by atoms with Gasteiger partial charge in [0.1, 0.15) is 5.78 Å². The average Bonchev–Trinajstić information content (AvgIpc) is 3.69. The number of aromatic nitrogens is 5. The van der Waals surface area contributed by atoms with Gasteiger partial charge in [-0.1, -0.05) is 42.5 Å². The second-order valence-electron chi connectivity index (χ2n) is 9.85. The second kappa shape index (κ2) is 10.9. The number of nitrogens with one attached hydrogen (secondary N) is 2. The number of hydrogen-bond acceptors (Lipinski definition) is 9. The first-order valence-corrected chi connectivity index (χ1v) is 13.8. The van der Waals surface area contributed by atoms with Gasteiger partial charge in [-0.05, 0) is 54.9 Å². The highest BCUT2D eigenvalue weighted by atomic mass is 32.2. The van der Waals surface area contributed by atoms with E-state index >= 15 is 0 Å². The number of likely N-dealkylation sites (N-methyl/N-ethyl adjacent to an activating group) is 1. The van der Waals surface area contributed by atoms with Crippen molar-refractivity contribution in [3.05, 3.63) is 66.2 Å². The van der Waals surface area contributed by atoms with Crippen molar-refractivity contribution in [2.75, 3.05) is 43.4 Å². The summed E-state index contributed by atoms with van der Waals surface area (Å²) in [6.45, 7) is 3.62. The number of anilines is 3. The first-order chi connectivity index (χ1) is 18.6. The normalized spacial score (nSPS) is 16.0. The summed E-state index contributed by atoms with van der Waals surface area (Å²) in [4.78, 5) is 31.9. The molecule has 3 heterocycles. The number of Topliss-reactive ketones (excluding diaryl/α,β-unsaturated/α-hetero) is 1.